The predicted molar refractivity (Wildman–Crippen MR) is 86.5 cm³/mol. The summed E-state index contributed by atoms with van der Waals surface area (Å²) in [6.45, 7) is 4.61. The lowest BCUT2D eigenvalue weighted by Crippen LogP contribution is -2.16. The van der Waals surface area contributed by atoms with Crippen molar-refractivity contribution in [1.29, 1.82) is 0 Å². The summed E-state index contributed by atoms with van der Waals surface area (Å²) in [4.78, 5) is 15.1. The predicted octanol–water partition coefficient (Wildman–Crippen LogP) is 1.84. The Bertz CT molecular complexity index is 446. The van der Waals surface area contributed by atoms with Crippen molar-refractivity contribution in [3.63, 3.8) is 0 Å². The third kappa shape index (κ3) is 11.0. The number of pyridine rings is 1. The summed E-state index contributed by atoms with van der Waals surface area (Å²) in [5.74, 6) is 0.189. The van der Waals surface area contributed by atoms with Gasteiger partial charge < -0.3 is 23.7 Å². The summed E-state index contributed by atoms with van der Waals surface area (Å²) < 4.78 is 26.6. The number of aromatic nitrogens is 1. The molecule has 8 heteroatoms. The van der Waals surface area contributed by atoms with E-state index in [1.807, 2.05) is 12.1 Å². The highest BCUT2D eigenvalue weighted by Crippen LogP contribution is 2.11. The van der Waals surface area contributed by atoms with Gasteiger partial charge in [0.25, 0.3) is 0 Å². The molecule has 23 heavy (non-hydrogen) atoms. The first kappa shape index (κ1) is 19.8. The number of carbonyl (C=O) groups excluding carboxylic acids is 1. The molecule has 1 aromatic rings. The standard InChI is InChI=1S/C15H22BrNO6/c1-2-22-15(18)12-21-9-8-19-6-7-20-10-11-23-14-5-3-4-13(16)17-14/h3-5H,2,6-12H2,1H3. The first-order valence-electron chi connectivity index (χ1n) is 7.36. The molecule has 1 heterocycles. The monoisotopic (exact) mass is 391 g/mol. The van der Waals surface area contributed by atoms with Gasteiger partial charge in [0, 0.05) is 6.07 Å². The summed E-state index contributed by atoms with van der Waals surface area (Å²) >= 11 is 3.27. The zero-order chi connectivity index (χ0) is 16.8. The molecule has 0 aromatic carbocycles. The van der Waals surface area contributed by atoms with Crippen molar-refractivity contribution < 1.29 is 28.5 Å². The number of carbonyl (C=O) groups is 1. The first-order chi connectivity index (χ1) is 11.2. The number of halogens is 1. The van der Waals surface area contributed by atoms with Gasteiger partial charge in [0.2, 0.25) is 5.88 Å². The molecule has 130 valence electrons. The average molecular weight is 392 g/mol. The van der Waals surface area contributed by atoms with E-state index in [4.69, 9.17) is 23.7 Å². The molecule has 0 saturated heterocycles. The molecule has 1 aromatic heterocycles. The molecule has 0 aliphatic rings. The molecule has 0 unspecified atom stereocenters. The minimum Gasteiger partial charge on any atom is -0.475 e. The number of hydrogen-bond acceptors (Lipinski definition) is 7. The van der Waals surface area contributed by atoms with Crippen LogP contribution in [0.15, 0.2) is 22.8 Å². The minimum atomic E-state index is -0.365. The molecule has 0 aliphatic carbocycles. The lowest BCUT2D eigenvalue weighted by atomic mass is 10.5. The summed E-state index contributed by atoms with van der Waals surface area (Å²) in [7, 11) is 0. The van der Waals surface area contributed by atoms with Crippen LogP contribution >= 0.6 is 15.9 Å². The van der Waals surface area contributed by atoms with Gasteiger partial charge in [-0.3, -0.25) is 0 Å². The van der Waals surface area contributed by atoms with Crippen molar-refractivity contribution in [1.82, 2.24) is 4.98 Å². The van der Waals surface area contributed by atoms with Gasteiger partial charge in [-0.05, 0) is 28.9 Å². The van der Waals surface area contributed by atoms with Crippen LogP contribution in [0.2, 0.25) is 0 Å². The molecule has 0 bridgehead atoms. The van der Waals surface area contributed by atoms with Crippen molar-refractivity contribution in [3.05, 3.63) is 22.8 Å². The topological polar surface area (TPSA) is 76.1 Å². The Hall–Kier alpha value is -1.22. The number of hydrogen-bond donors (Lipinski definition) is 0. The second kappa shape index (κ2) is 13.2. The van der Waals surface area contributed by atoms with Crippen LogP contribution in [0.3, 0.4) is 0 Å². The van der Waals surface area contributed by atoms with Crippen molar-refractivity contribution >= 4 is 21.9 Å². The maximum Gasteiger partial charge on any atom is 0.332 e. The molecule has 0 spiro atoms. The van der Waals surface area contributed by atoms with Crippen molar-refractivity contribution in [2.45, 2.75) is 6.92 Å². The van der Waals surface area contributed by atoms with Crippen LogP contribution in [0.25, 0.3) is 0 Å². The second-order valence-electron chi connectivity index (χ2n) is 4.23. The average Bonchev–Trinajstić information content (AvgIpc) is 2.53. The van der Waals surface area contributed by atoms with Gasteiger partial charge in [-0.2, -0.15) is 0 Å². The maximum absolute atomic E-state index is 11.0. The third-order valence-corrected chi connectivity index (χ3v) is 2.88. The molecule has 0 radical (unpaired) electrons. The number of esters is 1. The Morgan fingerprint density at radius 2 is 1.70 bits per heavy atom. The summed E-state index contributed by atoms with van der Waals surface area (Å²) in [6, 6.07) is 5.46. The smallest absolute Gasteiger partial charge is 0.332 e. The Morgan fingerprint density at radius 1 is 1.04 bits per heavy atom. The molecule has 0 fully saturated rings. The van der Waals surface area contributed by atoms with E-state index in [-0.39, 0.29) is 12.6 Å². The third-order valence-electron chi connectivity index (χ3n) is 2.44. The zero-order valence-electron chi connectivity index (χ0n) is 13.2. The van der Waals surface area contributed by atoms with Gasteiger partial charge >= 0.3 is 5.97 Å². The van der Waals surface area contributed by atoms with E-state index in [1.165, 1.54) is 0 Å². The van der Waals surface area contributed by atoms with Gasteiger partial charge in [-0.25, -0.2) is 9.78 Å². The fourth-order valence-electron chi connectivity index (χ4n) is 1.47. The van der Waals surface area contributed by atoms with Crippen LogP contribution in [-0.2, 0) is 23.7 Å². The molecule has 0 N–H and O–H groups in total. The highest BCUT2D eigenvalue weighted by molar-refractivity contribution is 9.10. The van der Waals surface area contributed by atoms with Gasteiger partial charge in [0.05, 0.1) is 39.6 Å². The van der Waals surface area contributed by atoms with E-state index in [1.54, 1.807) is 13.0 Å². The van der Waals surface area contributed by atoms with E-state index >= 15 is 0 Å². The van der Waals surface area contributed by atoms with Crippen LogP contribution in [0.4, 0.5) is 0 Å². The summed E-state index contributed by atoms with van der Waals surface area (Å²) in [6.07, 6.45) is 0. The van der Waals surface area contributed by atoms with Crippen LogP contribution < -0.4 is 4.74 Å². The molecule has 0 amide bonds. The Morgan fingerprint density at radius 3 is 2.35 bits per heavy atom. The van der Waals surface area contributed by atoms with Crippen molar-refractivity contribution in [2.75, 3.05) is 52.9 Å². The lowest BCUT2D eigenvalue weighted by Gasteiger charge is -2.07. The highest BCUT2D eigenvalue weighted by Gasteiger charge is 2.00. The Kier molecular flexibility index (Phi) is 11.4. The first-order valence-corrected chi connectivity index (χ1v) is 8.16. The fraction of sp³-hybridized carbons (Fsp3) is 0.600. The van der Waals surface area contributed by atoms with Crippen molar-refractivity contribution in [3.8, 4) is 5.88 Å². The van der Waals surface area contributed by atoms with E-state index < -0.39 is 0 Å². The van der Waals surface area contributed by atoms with E-state index in [0.717, 1.165) is 4.60 Å². The van der Waals surface area contributed by atoms with Gasteiger partial charge in [-0.1, -0.05) is 6.07 Å². The molecule has 0 atom stereocenters. The Labute approximate surface area is 144 Å². The molecule has 0 saturated carbocycles. The van der Waals surface area contributed by atoms with E-state index in [9.17, 15) is 4.79 Å². The van der Waals surface area contributed by atoms with Gasteiger partial charge in [-0.15, -0.1) is 0 Å². The number of nitrogens with zero attached hydrogens (tertiary/aromatic N) is 1. The molecule has 0 aliphatic heterocycles. The number of ether oxygens (including phenoxy) is 5. The van der Waals surface area contributed by atoms with Crippen LogP contribution in [-0.4, -0.2) is 63.8 Å². The lowest BCUT2D eigenvalue weighted by molar-refractivity contribution is -0.148. The van der Waals surface area contributed by atoms with Crippen LogP contribution in [0.1, 0.15) is 6.92 Å². The quantitative estimate of drug-likeness (QED) is 0.288. The van der Waals surface area contributed by atoms with E-state index in [2.05, 4.69) is 20.9 Å². The molecule has 7 nitrogen and oxygen atoms in total. The second-order valence-corrected chi connectivity index (χ2v) is 5.04. The largest absolute Gasteiger partial charge is 0.475 e. The molecular weight excluding hydrogens is 370 g/mol. The van der Waals surface area contributed by atoms with E-state index in [0.29, 0.717) is 52.1 Å². The fourth-order valence-corrected chi connectivity index (χ4v) is 1.80. The summed E-state index contributed by atoms with van der Waals surface area (Å²) in [5, 5.41) is 0. The normalized spacial score (nSPS) is 10.5. The minimum absolute atomic E-state index is 0.0469. The van der Waals surface area contributed by atoms with Crippen LogP contribution in [0.5, 0.6) is 5.88 Å². The highest BCUT2D eigenvalue weighted by atomic mass is 79.9. The van der Waals surface area contributed by atoms with Gasteiger partial charge in [0.15, 0.2) is 0 Å². The Balaban J connectivity index is 1.84. The molecule has 1 rings (SSSR count). The van der Waals surface area contributed by atoms with Gasteiger partial charge in [0.1, 0.15) is 17.8 Å². The SMILES string of the molecule is CCOC(=O)COCCOCCOCCOc1cccc(Br)n1. The van der Waals surface area contributed by atoms with Crippen molar-refractivity contribution in [2.24, 2.45) is 0 Å². The maximum atomic E-state index is 11.0. The molecular formula is C15H22BrNO6. The zero-order valence-corrected chi connectivity index (χ0v) is 14.7. The number of rotatable bonds is 13. The van der Waals surface area contributed by atoms with Crippen LogP contribution in [0, 0.1) is 0 Å². The summed E-state index contributed by atoms with van der Waals surface area (Å²) in [5.41, 5.74) is 0.